The van der Waals surface area contributed by atoms with Crippen molar-refractivity contribution < 1.29 is 0 Å². The molecule has 0 rings (SSSR count). The second kappa shape index (κ2) is 13.1. The predicted octanol–water partition coefficient (Wildman–Crippen LogP) is 6.16. The molecule has 97 valence electrons. The zero-order valence-corrected chi connectivity index (χ0v) is 11.8. The molecule has 0 aliphatic heterocycles. The highest BCUT2D eigenvalue weighted by Crippen LogP contribution is 2.17. The minimum absolute atomic E-state index is 0.964. The van der Waals surface area contributed by atoms with Gasteiger partial charge in [-0.15, -0.1) is 0 Å². The van der Waals surface area contributed by atoms with Crippen LogP contribution in [0.15, 0.2) is 0 Å². The minimum Gasteiger partial charge on any atom is -0.0654 e. The molecule has 1 atom stereocenters. The van der Waals surface area contributed by atoms with E-state index in [1.165, 1.54) is 70.6 Å². The van der Waals surface area contributed by atoms with Crippen LogP contribution in [-0.4, -0.2) is 0 Å². The van der Waals surface area contributed by atoms with E-state index < -0.39 is 0 Å². The third-order valence-electron chi connectivity index (χ3n) is 3.50. The summed E-state index contributed by atoms with van der Waals surface area (Å²) in [4.78, 5) is 0. The maximum absolute atomic E-state index is 3.88. The molecule has 0 saturated carbocycles. The quantitative estimate of drug-likeness (QED) is 0.349. The molecule has 0 fully saturated rings. The monoisotopic (exact) mass is 225 g/mol. The van der Waals surface area contributed by atoms with Gasteiger partial charge in [0.25, 0.3) is 0 Å². The maximum atomic E-state index is 3.88. The Bertz CT molecular complexity index is 117. The molecule has 0 bridgehead atoms. The molecule has 0 spiro atoms. The van der Waals surface area contributed by atoms with Crippen LogP contribution in [0.2, 0.25) is 0 Å². The van der Waals surface area contributed by atoms with Crippen molar-refractivity contribution in [3.63, 3.8) is 0 Å². The number of rotatable bonds is 12. The van der Waals surface area contributed by atoms with E-state index in [9.17, 15) is 0 Å². The van der Waals surface area contributed by atoms with Crippen molar-refractivity contribution in [1.82, 2.24) is 0 Å². The second-order valence-corrected chi connectivity index (χ2v) is 5.36. The Morgan fingerprint density at radius 1 is 0.750 bits per heavy atom. The van der Waals surface area contributed by atoms with E-state index in [0.29, 0.717) is 0 Å². The fourth-order valence-corrected chi connectivity index (χ4v) is 2.25. The van der Waals surface area contributed by atoms with Crippen LogP contribution < -0.4 is 0 Å². The third kappa shape index (κ3) is 12.1. The van der Waals surface area contributed by atoms with Crippen LogP contribution >= 0.6 is 0 Å². The molecule has 0 aliphatic rings. The van der Waals surface area contributed by atoms with E-state index in [-0.39, 0.29) is 0 Å². The topological polar surface area (TPSA) is 0 Å². The molecule has 0 aromatic heterocycles. The Morgan fingerprint density at radius 3 is 1.81 bits per heavy atom. The summed E-state index contributed by atoms with van der Waals surface area (Å²) in [5.74, 6) is 0.964. The first-order chi connectivity index (χ1) is 7.81. The van der Waals surface area contributed by atoms with Gasteiger partial charge in [-0.1, -0.05) is 97.8 Å². The Kier molecular flexibility index (Phi) is 13.1. The molecule has 0 heterocycles. The average Bonchev–Trinajstić information content (AvgIpc) is 2.30. The molecule has 0 heteroatoms. The predicted molar refractivity (Wildman–Crippen MR) is 75.6 cm³/mol. The number of hydrogen-bond acceptors (Lipinski definition) is 0. The molecule has 0 N–H and O–H groups in total. The Balaban J connectivity index is 3.02. The lowest BCUT2D eigenvalue weighted by molar-refractivity contribution is 0.441. The van der Waals surface area contributed by atoms with Crippen LogP contribution in [0.3, 0.4) is 0 Å². The first-order valence-electron chi connectivity index (χ1n) is 7.60. The summed E-state index contributed by atoms with van der Waals surface area (Å²) in [6.07, 6.45) is 16.8. The van der Waals surface area contributed by atoms with Crippen molar-refractivity contribution in [2.45, 2.75) is 90.9 Å². The standard InChI is InChI=1S/C16H33/c1-4-6-8-9-10-11-12-13-15-16(3)14-7-5-2/h16H,1,4-15H2,2-3H3. The van der Waals surface area contributed by atoms with E-state index in [0.717, 1.165) is 12.3 Å². The van der Waals surface area contributed by atoms with E-state index in [1.54, 1.807) is 0 Å². The zero-order chi connectivity index (χ0) is 12.1. The van der Waals surface area contributed by atoms with Gasteiger partial charge in [-0.2, -0.15) is 0 Å². The third-order valence-corrected chi connectivity index (χ3v) is 3.50. The highest BCUT2D eigenvalue weighted by atomic mass is 14.1. The van der Waals surface area contributed by atoms with Gasteiger partial charge in [0.1, 0.15) is 0 Å². The summed E-state index contributed by atoms with van der Waals surface area (Å²) in [6, 6.07) is 0. The Labute approximate surface area is 104 Å². The lowest BCUT2D eigenvalue weighted by atomic mass is 9.97. The molecule has 0 saturated heterocycles. The van der Waals surface area contributed by atoms with Crippen LogP contribution in [0, 0.1) is 12.8 Å². The molecule has 0 aromatic carbocycles. The van der Waals surface area contributed by atoms with Gasteiger partial charge in [-0.05, 0) is 5.92 Å². The molecule has 0 nitrogen and oxygen atoms in total. The van der Waals surface area contributed by atoms with Crippen LogP contribution in [0.25, 0.3) is 0 Å². The average molecular weight is 225 g/mol. The van der Waals surface area contributed by atoms with Gasteiger partial charge in [0.2, 0.25) is 0 Å². The molecule has 0 aliphatic carbocycles. The van der Waals surface area contributed by atoms with E-state index >= 15 is 0 Å². The molecule has 16 heavy (non-hydrogen) atoms. The van der Waals surface area contributed by atoms with Gasteiger partial charge in [-0.25, -0.2) is 0 Å². The molecular weight excluding hydrogens is 192 g/mol. The highest BCUT2D eigenvalue weighted by Gasteiger charge is 2.00. The SMILES string of the molecule is [CH2]CCCCCCCCCC(C)CCCC. The number of unbranched alkanes of at least 4 members (excludes halogenated alkanes) is 8. The summed E-state index contributed by atoms with van der Waals surface area (Å²) in [5, 5.41) is 0. The van der Waals surface area contributed by atoms with Crippen molar-refractivity contribution >= 4 is 0 Å². The normalized spacial score (nSPS) is 12.9. The van der Waals surface area contributed by atoms with Crippen LogP contribution in [0.4, 0.5) is 0 Å². The van der Waals surface area contributed by atoms with Gasteiger partial charge in [0.05, 0.1) is 0 Å². The summed E-state index contributed by atoms with van der Waals surface area (Å²) in [6.45, 7) is 8.59. The summed E-state index contributed by atoms with van der Waals surface area (Å²) in [7, 11) is 0. The second-order valence-electron chi connectivity index (χ2n) is 5.36. The Hall–Kier alpha value is 0. The van der Waals surface area contributed by atoms with Crippen molar-refractivity contribution in [1.29, 1.82) is 0 Å². The smallest absolute Gasteiger partial charge is 0.0443 e. The lowest BCUT2D eigenvalue weighted by Gasteiger charge is -2.09. The van der Waals surface area contributed by atoms with E-state index in [1.807, 2.05) is 0 Å². The van der Waals surface area contributed by atoms with Crippen molar-refractivity contribution in [3.8, 4) is 0 Å². The maximum Gasteiger partial charge on any atom is -0.0443 e. The molecule has 1 unspecified atom stereocenters. The van der Waals surface area contributed by atoms with Gasteiger partial charge >= 0.3 is 0 Å². The summed E-state index contributed by atoms with van der Waals surface area (Å²) >= 11 is 0. The minimum atomic E-state index is 0.964. The van der Waals surface area contributed by atoms with E-state index in [4.69, 9.17) is 0 Å². The fraction of sp³-hybridized carbons (Fsp3) is 0.938. The lowest BCUT2D eigenvalue weighted by Crippen LogP contribution is -1.94. The van der Waals surface area contributed by atoms with Crippen LogP contribution in [-0.2, 0) is 0 Å². The molecule has 1 radical (unpaired) electrons. The van der Waals surface area contributed by atoms with Gasteiger partial charge in [0.15, 0.2) is 0 Å². The molecule has 0 amide bonds. The summed E-state index contributed by atoms with van der Waals surface area (Å²) < 4.78 is 0. The van der Waals surface area contributed by atoms with Gasteiger partial charge in [0, 0.05) is 0 Å². The van der Waals surface area contributed by atoms with Gasteiger partial charge in [-0.3, -0.25) is 0 Å². The summed E-state index contributed by atoms with van der Waals surface area (Å²) in [5.41, 5.74) is 0. The zero-order valence-electron chi connectivity index (χ0n) is 11.8. The molecule has 0 aromatic rings. The highest BCUT2D eigenvalue weighted by molar-refractivity contribution is 4.54. The van der Waals surface area contributed by atoms with Crippen molar-refractivity contribution in [3.05, 3.63) is 6.92 Å². The van der Waals surface area contributed by atoms with Crippen LogP contribution in [0.1, 0.15) is 90.9 Å². The largest absolute Gasteiger partial charge is 0.0654 e. The Morgan fingerprint density at radius 2 is 1.25 bits per heavy atom. The van der Waals surface area contributed by atoms with Crippen LogP contribution in [0.5, 0.6) is 0 Å². The van der Waals surface area contributed by atoms with Crippen molar-refractivity contribution in [2.75, 3.05) is 0 Å². The van der Waals surface area contributed by atoms with Gasteiger partial charge < -0.3 is 0 Å². The van der Waals surface area contributed by atoms with Crippen molar-refractivity contribution in [2.24, 2.45) is 5.92 Å². The number of hydrogen-bond donors (Lipinski definition) is 0. The first-order valence-corrected chi connectivity index (χ1v) is 7.60. The van der Waals surface area contributed by atoms with E-state index in [2.05, 4.69) is 20.8 Å². The molecular formula is C16H33. The fourth-order valence-electron chi connectivity index (χ4n) is 2.25. The first kappa shape index (κ1) is 16.0.